The van der Waals surface area contributed by atoms with Gasteiger partial charge in [0.05, 0.1) is 11.0 Å². The largest absolute Gasteiger partial charge is 0.419 e. The lowest BCUT2D eigenvalue weighted by molar-refractivity contribution is -0.137. The minimum Gasteiger partial charge on any atom is -0.369 e. The van der Waals surface area contributed by atoms with Crippen molar-refractivity contribution in [1.29, 1.82) is 0 Å². The molecule has 0 radical (unpaired) electrons. The number of primary amides is 1. The second-order valence-corrected chi connectivity index (χ2v) is 4.50. The van der Waals surface area contributed by atoms with Crippen LogP contribution >= 0.6 is 0 Å². The minimum absolute atomic E-state index is 0.0254. The van der Waals surface area contributed by atoms with E-state index < -0.39 is 23.1 Å². The molecule has 1 amide bonds. The molecule has 0 saturated carbocycles. The minimum atomic E-state index is -4.49. The third kappa shape index (κ3) is 3.35. The molecule has 0 atom stereocenters. The molecule has 0 fully saturated rings. The zero-order valence-electron chi connectivity index (χ0n) is 10.0. The lowest BCUT2D eigenvalue weighted by atomic mass is 9.93. The average molecular weight is 261 g/mol. The van der Waals surface area contributed by atoms with Gasteiger partial charge in [-0.3, -0.25) is 4.79 Å². The van der Waals surface area contributed by atoms with Crippen LogP contribution in [0.1, 0.15) is 19.4 Å². The van der Waals surface area contributed by atoms with Crippen LogP contribution in [0.4, 0.5) is 19.0 Å². The Morgan fingerprint density at radius 2 is 2.06 bits per heavy atom. The van der Waals surface area contributed by atoms with Gasteiger partial charge in [0.15, 0.2) is 0 Å². The van der Waals surface area contributed by atoms with Crippen LogP contribution in [-0.2, 0) is 11.0 Å². The molecule has 4 nitrogen and oxygen atoms in total. The van der Waals surface area contributed by atoms with Gasteiger partial charge in [0.1, 0.15) is 5.82 Å². The molecule has 0 aliphatic carbocycles. The number of anilines is 1. The van der Waals surface area contributed by atoms with Crippen LogP contribution in [0.5, 0.6) is 0 Å². The first kappa shape index (κ1) is 14.3. The van der Waals surface area contributed by atoms with E-state index in [1.54, 1.807) is 13.8 Å². The maximum atomic E-state index is 12.7. The van der Waals surface area contributed by atoms with E-state index in [0.29, 0.717) is 0 Å². The number of rotatable bonds is 4. The monoisotopic (exact) mass is 261 g/mol. The Labute approximate surface area is 102 Å². The molecular weight excluding hydrogens is 247 g/mol. The van der Waals surface area contributed by atoms with Gasteiger partial charge in [-0.15, -0.1) is 0 Å². The van der Waals surface area contributed by atoms with Crippen molar-refractivity contribution >= 4 is 11.7 Å². The Balaban J connectivity index is 2.90. The molecule has 0 saturated heterocycles. The third-order valence-corrected chi connectivity index (χ3v) is 2.48. The summed E-state index contributed by atoms with van der Waals surface area (Å²) in [4.78, 5) is 14.7. The second kappa shape index (κ2) is 4.83. The van der Waals surface area contributed by atoms with Crippen molar-refractivity contribution in [3.63, 3.8) is 0 Å². The van der Waals surface area contributed by atoms with E-state index in [-0.39, 0.29) is 12.4 Å². The molecular formula is C11H14F3N3O. The predicted molar refractivity (Wildman–Crippen MR) is 60.7 cm³/mol. The van der Waals surface area contributed by atoms with Crippen LogP contribution in [0.3, 0.4) is 0 Å². The van der Waals surface area contributed by atoms with E-state index in [2.05, 4.69) is 10.3 Å². The lowest BCUT2D eigenvalue weighted by Crippen LogP contribution is -2.37. The van der Waals surface area contributed by atoms with Crippen molar-refractivity contribution in [3.8, 4) is 0 Å². The van der Waals surface area contributed by atoms with Crippen LogP contribution < -0.4 is 11.1 Å². The summed E-state index contributed by atoms with van der Waals surface area (Å²) in [6.45, 7) is 3.06. The van der Waals surface area contributed by atoms with Crippen molar-refractivity contribution in [1.82, 2.24) is 4.98 Å². The van der Waals surface area contributed by atoms with Crippen LogP contribution in [0.25, 0.3) is 0 Å². The smallest absolute Gasteiger partial charge is 0.369 e. The number of aromatic nitrogens is 1. The van der Waals surface area contributed by atoms with Gasteiger partial charge in [0.25, 0.3) is 0 Å². The predicted octanol–water partition coefficient (Wildman–Crippen LogP) is 2.02. The summed E-state index contributed by atoms with van der Waals surface area (Å²) < 4.78 is 38.0. The highest BCUT2D eigenvalue weighted by molar-refractivity contribution is 5.80. The zero-order chi connectivity index (χ0) is 14.0. The molecule has 3 N–H and O–H groups in total. The first-order valence-electron chi connectivity index (χ1n) is 5.20. The Hall–Kier alpha value is -1.79. The van der Waals surface area contributed by atoms with Gasteiger partial charge in [-0.05, 0) is 26.0 Å². The van der Waals surface area contributed by atoms with E-state index in [4.69, 9.17) is 5.73 Å². The number of pyridine rings is 1. The van der Waals surface area contributed by atoms with E-state index in [0.717, 1.165) is 6.07 Å². The second-order valence-electron chi connectivity index (χ2n) is 4.50. The van der Waals surface area contributed by atoms with Crippen LogP contribution in [0.2, 0.25) is 0 Å². The standard InChI is InChI=1S/C11H14F3N3O/c1-10(2,9(15)18)6-17-8-7(11(12,13)14)4-3-5-16-8/h3-5H,6H2,1-2H3,(H2,15,18)(H,16,17). The fraction of sp³-hybridized carbons (Fsp3) is 0.455. The summed E-state index contributed by atoms with van der Waals surface area (Å²) in [6.07, 6.45) is -3.25. The SMILES string of the molecule is CC(C)(CNc1ncccc1C(F)(F)F)C(N)=O. The quantitative estimate of drug-likeness (QED) is 0.871. The molecule has 1 rings (SSSR count). The molecule has 1 heterocycles. The average Bonchev–Trinajstić information content (AvgIpc) is 2.25. The highest BCUT2D eigenvalue weighted by atomic mass is 19.4. The zero-order valence-corrected chi connectivity index (χ0v) is 10.0. The summed E-state index contributed by atoms with van der Waals surface area (Å²) in [5.41, 5.74) is 3.31. The molecule has 0 aliphatic rings. The number of amides is 1. The van der Waals surface area contributed by atoms with Gasteiger partial charge in [0, 0.05) is 12.7 Å². The normalized spacial score (nSPS) is 12.3. The molecule has 7 heteroatoms. The van der Waals surface area contributed by atoms with Gasteiger partial charge in [-0.1, -0.05) is 0 Å². The number of carbonyl (C=O) groups is 1. The summed E-state index contributed by atoms with van der Waals surface area (Å²) >= 11 is 0. The Kier molecular flexibility index (Phi) is 3.83. The van der Waals surface area contributed by atoms with Gasteiger partial charge in [-0.25, -0.2) is 4.98 Å². The molecule has 1 aromatic heterocycles. The maximum Gasteiger partial charge on any atom is 0.419 e. The number of nitrogens with zero attached hydrogens (tertiary/aromatic N) is 1. The molecule has 18 heavy (non-hydrogen) atoms. The van der Waals surface area contributed by atoms with Crippen molar-refractivity contribution in [2.75, 3.05) is 11.9 Å². The Morgan fingerprint density at radius 1 is 1.44 bits per heavy atom. The van der Waals surface area contributed by atoms with Gasteiger partial charge in [0.2, 0.25) is 5.91 Å². The Morgan fingerprint density at radius 3 is 2.56 bits per heavy atom. The number of nitrogens with two attached hydrogens (primary N) is 1. The van der Waals surface area contributed by atoms with Crippen molar-refractivity contribution < 1.29 is 18.0 Å². The summed E-state index contributed by atoms with van der Waals surface area (Å²) in [7, 11) is 0. The summed E-state index contributed by atoms with van der Waals surface area (Å²) in [5.74, 6) is -0.904. The fourth-order valence-electron chi connectivity index (χ4n) is 1.17. The Bertz CT molecular complexity index is 443. The highest BCUT2D eigenvalue weighted by Gasteiger charge is 2.34. The van der Waals surface area contributed by atoms with Crippen LogP contribution in [0, 0.1) is 5.41 Å². The highest BCUT2D eigenvalue weighted by Crippen LogP contribution is 2.33. The summed E-state index contributed by atoms with van der Waals surface area (Å²) in [5, 5.41) is 2.51. The van der Waals surface area contributed by atoms with Crippen LogP contribution in [0.15, 0.2) is 18.3 Å². The number of hydrogen-bond donors (Lipinski definition) is 2. The van der Waals surface area contributed by atoms with E-state index >= 15 is 0 Å². The van der Waals surface area contributed by atoms with Crippen molar-refractivity contribution in [3.05, 3.63) is 23.9 Å². The third-order valence-electron chi connectivity index (χ3n) is 2.48. The van der Waals surface area contributed by atoms with Gasteiger partial charge >= 0.3 is 6.18 Å². The summed E-state index contributed by atoms with van der Waals surface area (Å²) in [6, 6.07) is 2.12. The topological polar surface area (TPSA) is 68.0 Å². The molecule has 0 unspecified atom stereocenters. The molecule has 0 bridgehead atoms. The van der Waals surface area contributed by atoms with E-state index in [1.807, 2.05) is 0 Å². The van der Waals surface area contributed by atoms with E-state index in [9.17, 15) is 18.0 Å². The number of halogens is 3. The van der Waals surface area contributed by atoms with Gasteiger partial charge in [-0.2, -0.15) is 13.2 Å². The number of alkyl halides is 3. The lowest BCUT2D eigenvalue weighted by Gasteiger charge is -2.22. The molecule has 0 aromatic carbocycles. The fourth-order valence-corrected chi connectivity index (χ4v) is 1.17. The van der Waals surface area contributed by atoms with Crippen LogP contribution in [-0.4, -0.2) is 17.4 Å². The molecule has 0 spiro atoms. The molecule has 1 aromatic rings. The first-order chi connectivity index (χ1) is 8.14. The maximum absolute atomic E-state index is 12.7. The number of nitrogens with one attached hydrogen (secondary N) is 1. The number of hydrogen-bond acceptors (Lipinski definition) is 3. The number of carbonyl (C=O) groups excluding carboxylic acids is 1. The molecule has 100 valence electrons. The first-order valence-corrected chi connectivity index (χ1v) is 5.20. The molecule has 0 aliphatic heterocycles. The van der Waals surface area contributed by atoms with Gasteiger partial charge < -0.3 is 11.1 Å². The van der Waals surface area contributed by atoms with Crippen molar-refractivity contribution in [2.45, 2.75) is 20.0 Å². The van der Waals surface area contributed by atoms with Crippen molar-refractivity contribution in [2.24, 2.45) is 11.1 Å². The van der Waals surface area contributed by atoms with E-state index in [1.165, 1.54) is 12.3 Å².